The Hall–Kier alpha value is -1.88. The van der Waals surface area contributed by atoms with Crippen molar-refractivity contribution in [3.8, 4) is 5.75 Å². The molecule has 5 heteroatoms. The van der Waals surface area contributed by atoms with Crippen molar-refractivity contribution in [3.63, 3.8) is 0 Å². The first kappa shape index (κ1) is 14.5. The largest absolute Gasteiger partial charge is 0.485 e. The molecule has 0 saturated carbocycles. The molecule has 20 heavy (non-hydrogen) atoms. The predicted octanol–water partition coefficient (Wildman–Crippen LogP) is 3.00. The second-order valence-electron chi connectivity index (χ2n) is 5.80. The van der Waals surface area contributed by atoms with E-state index in [0.717, 1.165) is 5.56 Å². The number of ether oxygens (including phenoxy) is 1. The zero-order valence-corrected chi connectivity index (χ0v) is 12.3. The van der Waals surface area contributed by atoms with Crippen LogP contribution in [0.5, 0.6) is 5.75 Å². The van der Waals surface area contributed by atoms with Gasteiger partial charge in [0, 0.05) is 5.41 Å². The highest BCUT2D eigenvalue weighted by Crippen LogP contribution is 2.21. The van der Waals surface area contributed by atoms with E-state index >= 15 is 0 Å². The smallest absolute Gasteiger partial charge is 0.232 e. The van der Waals surface area contributed by atoms with Crippen LogP contribution >= 0.6 is 0 Å². The van der Waals surface area contributed by atoms with Crippen molar-refractivity contribution in [2.24, 2.45) is 0 Å². The van der Waals surface area contributed by atoms with E-state index in [9.17, 15) is 5.11 Å². The maximum atomic E-state index is 9.53. The Balaban J connectivity index is 2.02. The second kappa shape index (κ2) is 5.63. The lowest BCUT2D eigenvalue weighted by Gasteiger charge is -2.10. The number of hydrogen-bond donors (Lipinski definition) is 1. The standard InChI is InChI=1S/C15H20N2O3/c1-10(18)11-6-5-7-12(8-11)19-9-13-16-14(20-17-13)15(2,3)4/h5-8,10,18H,9H2,1-4H3. The molecule has 1 unspecified atom stereocenters. The third-order valence-corrected chi connectivity index (χ3v) is 2.82. The van der Waals surface area contributed by atoms with E-state index in [1.54, 1.807) is 13.0 Å². The van der Waals surface area contributed by atoms with Gasteiger partial charge in [-0.1, -0.05) is 38.1 Å². The zero-order chi connectivity index (χ0) is 14.8. The average Bonchev–Trinajstić information content (AvgIpc) is 2.85. The number of aliphatic hydroxyl groups excluding tert-OH is 1. The Morgan fingerprint density at radius 2 is 2.10 bits per heavy atom. The molecule has 0 spiro atoms. The highest BCUT2D eigenvalue weighted by Gasteiger charge is 2.21. The van der Waals surface area contributed by atoms with E-state index in [1.165, 1.54) is 0 Å². The lowest BCUT2D eigenvalue weighted by atomic mass is 9.97. The van der Waals surface area contributed by atoms with Crippen molar-refractivity contribution in [3.05, 3.63) is 41.5 Å². The van der Waals surface area contributed by atoms with Crippen molar-refractivity contribution < 1.29 is 14.4 Å². The van der Waals surface area contributed by atoms with Gasteiger partial charge in [-0.25, -0.2) is 0 Å². The fraction of sp³-hybridized carbons (Fsp3) is 0.467. The molecule has 2 rings (SSSR count). The fourth-order valence-electron chi connectivity index (χ4n) is 1.63. The SMILES string of the molecule is CC(O)c1cccc(OCc2noc(C(C)(C)C)n2)c1. The summed E-state index contributed by atoms with van der Waals surface area (Å²) in [6.45, 7) is 7.99. The van der Waals surface area contributed by atoms with Gasteiger partial charge < -0.3 is 14.4 Å². The lowest BCUT2D eigenvalue weighted by molar-refractivity contribution is 0.198. The van der Waals surface area contributed by atoms with Gasteiger partial charge in [0.15, 0.2) is 6.61 Å². The van der Waals surface area contributed by atoms with Crippen LogP contribution in [0.3, 0.4) is 0 Å². The molecule has 0 bridgehead atoms. The molecular formula is C15H20N2O3. The minimum absolute atomic E-state index is 0.169. The Kier molecular flexibility index (Phi) is 4.09. The first-order chi connectivity index (χ1) is 9.36. The first-order valence-corrected chi connectivity index (χ1v) is 6.60. The molecule has 1 heterocycles. The molecule has 5 nitrogen and oxygen atoms in total. The van der Waals surface area contributed by atoms with Crippen molar-refractivity contribution in [2.75, 3.05) is 0 Å². The minimum atomic E-state index is -0.517. The fourth-order valence-corrected chi connectivity index (χ4v) is 1.63. The highest BCUT2D eigenvalue weighted by molar-refractivity contribution is 5.29. The summed E-state index contributed by atoms with van der Waals surface area (Å²) >= 11 is 0. The number of aliphatic hydroxyl groups is 1. The molecule has 0 aliphatic rings. The van der Waals surface area contributed by atoms with Gasteiger partial charge in [0.2, 0.25) is 11.7 Å². The van der Waals surface area contributed by atoms with Gasteiger partial charge in [-0.3, -0.25) is 0 Å². The summed E-state index contributed by atoms with van der Waals surface area (Å²) in [7, 11) is 0. The zero-order valence-electron chi connectivity index (χ0n) is 12.3. The summed E-state index contributed by atoms with van der Waals surface area (Å²) in [6.07, 6.45) is -0.517. The minimum Gasteiger partial charge on any atom is -0.485 e. The second-order valence-corrected chi connectivity index (χ2v) is 5.80. The van der Waals surface area contributed by atoms with Crippen LogP contribution in [0.1, 0.15) is 51.1 Å². The first-order valence-electron chi connectivity index (χ1n) is 6.60. The monoisotopic (exact) mass is 276 g/mol. The molecule has 1 aromatic heterocycles. The van der Waals surface area contributed by atoms with Crippen molar-refractivity contribution in [2.45, 2.75) is 45.8 Å². The molecule has 0 aliphatic carbocycles. The van der Waals surface area contributed by atoms with Crippen LogP contribution in [0.15, 0.2) is 28.8 Å². The number of hydrogen-bond acceptors (Lipinski definition) is 5. The van der Waals surface area contributed by atoms with Crippen LogP contribution < -0.4 is 4.74 Å². The summed E-state index contributed by atoms with van der Waals surface area (Å²) < 4.78 is 10.8. The number of rotatable bonds is 4. The third kappa shape index (κ3) is 3.57. The van der Waals surface area contributed by atoms with Gasteiger partial charge >= 0.3 is 0 Å². The number of benzene rings is 1. The molecule has 0 amide bonds. The van der Waals surface area contributed by atoms with Crippen molar-refractivity contribution in [1.29, 1.82) is 0 Å². The molecule has 1 aromatic carbocycles. The highest BCUT2D eigenvalue weighted by atomic mass is 16.5. The summed E-state index contributed by atoms with van der Waals surface area (Å²) in [5.74, 6) is 1.77. The number of aromatic nitrogens is 2. The molecule has 0 fully saturated rings. The molecule has 1 atom stereocenters. The third-order valence-electron chi connectivity index (χ3n) is 2.82. The van der Waals surface area contributed by atoms with E-state index in [-0.39, 0.29) is 12.0 Å². The summed E-state index contributed by atoms with van der Waals surface area (Å²) in [5, 5.41) is 13.4. The van der Waals surface area contributed by atoms with E-state index in [0.29, 0.717) is 17.5 Å². The van der Waals surface area contributed by atoms with Gasteiger partial charge in [0.25, 0.3) is 0 Å². The Labute approximate surface area is 118 Å². The van der Waals surface area contributed by atoms with E-state index < -0.39 is 6.10 Å². The van der Waals surface area contributed by atoms with Crippen molar-refractivity contribution >= 4 is 0 Å². The van der Waals surface area contributed by atoms with Crippen LogP contribution in [-0.4, -0.2) is 15.2 Å². The normalized spacial score (nSPS) is 13.2. The Morgan fingerprint density at radius 3 is 2.70 bits per heavy atom. The summed E-state index contributed by atoms with van der Waals surface area (Å²) in [6, 6.07) is 7.32. The van der Waals surface area contributed by atoms with E-state index in [1.807, 2.05) is 39.0 Å². The average molecular weight is 276 g/mol. The maximum Gasteiger partial charge on any atom is 0.232 e. The van der Waals surface area contributed by atoms with Crippen LogP contribution in [0.25, 0.3) is 0 Å². The molecule has 108 valence electrons. The maximum absolute atomic E-state index is 9.53. The van der Waals surface area contributed by atoms with Gasteiger partial charge in [-0.2, -0.15) is 4.98 Å². The Morgan fingerprint density at radius 1 is 1.35 bits per heavy atom. The van der Waals surface area contributed by atoms with E-state index in [2.05, 4.69) is 10.1 Å². The quantitative estimate of drug-likeness (QED) is 0.929. The van der Waals surface area contributed by atoms with Gasteiger partial charge in [-0.05, 0) is 24.6 Å². The van der Waals surface area contributed by atoms with Gasteiger partial charge in [-0.15, -0.1) is 0 Å². The predicted molar refractivity (Wildman–Crippen MR) is 74.4 cm³/mol. The van der Waals surface area contributed by atoms with Gasteiger partial charge in [0.05, 0.1) is 6.10 Å². The van der Waals surface area contributed by atoms with Crippen LogP contribution in [0.2, 0.25) is 0 Å². The molecule has 0 radical (unpaired) electrons. The molecular weight excluding hydrogens is 256 g/mol. The van der Waals surface area contributed by atoms with Crippen LogP contribution in [0.4, 0.5) is 0 Å². The molecule has 1 N–H and O–H groups in total. The van der Waals surface area contributed by atoms with Crippen LogP contribution in [-0.2, 0) is 12.0 Å². The topological polar surface area (TPSA) is 68.4 Å². The van der Waals surface area contributed by atoms with Gasteiger partial charge in [0.1, 0.15) is 5.75 Å². The summed E-state index contributed by atoms with van der Waals surface area (Å²) in [5.41, 5.74) is 0.642. The van der Waals surface area contributed by atoms with E-state index in [4.69, 9.17) is 9.26 Å². The van der Waals surface area contributed by atoms with Crippen molar-refractivity contribution in [1.82, 2.24) is 10.1 Å². The molecule has 0 saturated heterocycles. The Bertz CT molecular complexity index is 570. The molecule has 0 aliphatic heterocycles. The number of nitrogens with zero attached hydrogens (tertiary/aromatic N) is 2. The summed E-state index contributed by atoms with van der Waals surface area (Å²) in [4.78, 5) is 4.30. The van der Waals surface area contributed by atoms with Crippen LogP contribution in [0, 0.1) is 0 Å². The molecule has 2 aromatic rings. The lowest BCUT2D eigenvalue weighted by Crippen LogP contribution is -2.11.